The van der Waals surface area contributed by atoms with E-state index >= 15 is 0 Å². The average Bonchev–Trinajstić information content (AvgIpc) is 2.62. The van der Waals surface area contributed by atoms with E-state index in [0.29, 0.717) is 36.1 Å². The number of hydrogen-bond donors (Lipinski definition) is 2. The molecule has 1 aliphatic rings. The summed E-state index contributed by atoms with van der Waals surface area (Å²) in [4.78, 5) is 22.5. The van der Waals surface area contributed by atoms with Crippen molar-refractivity contribution >= 4 is 23.0 Å². The molecule has 0 aliphatic carbocycles. The lowest BCUT2D eigenvalue weighted by atomic mass is 10.2. The van der Waals surface area contributed by atoms with E-state index in [1.807, 2.05) is 12.1 Å². The summed E-state index contributed by atoms with van der Waals surface area (Å²) < 4.78 is 11.1. The normalized spacial score (nSPS) is 13.6. The maximum Gasteiger partial charge on any atom is 0.269 e. The molecule has 1 amide bonds. The van der Waals surface area contributed by atoms with Gasteiger partial charge in [0, 0.05) is 17.8 Å². The van der Waals surface area contributed by atoms with Crippen LogP contribution in [0.4, 0.5) is 17.1 Å². The first-order valence-electron chi connectivity index (χ1n) is 7.75. The second-order valence-corrected chi connectivity index (χ2v) is 5.49. The number of nitro groups is 1. The van der Waals surface area contributed by atoms with Gasteiger partial charge in [-0.15, -0.1) is 0 Å². The van der Waals surface area contributed by atoms with Crippen LogP contribution in [0.3, 0.4) is 0 Å². The molecule has 2 aromatic carbocycles. The maximum absolute atomic E-state index is 12.3. The van der Waals surface area contributed by atoms with E-state index in [0.717, 1.165) is 0 Å². The first kappa shape index (κ1) is 16.6. The molecule has 0 radical (unpaired) electrons. The van der Waals surface area contributed by atoms with Crippen LogP contribution in [0.1, 0.15) is 6.92 Å². The maximum atomic E-state index is 12.3. The molecule has 0 aromatic heterocycles. The van der Waals surface area contributed by atoms with Crippen molar-refractivity contribution in [1.29, 1.82) is 0 Å². The number of nitrogens with one attached hydrogen (secondary N) is 2. The summed E-state index contributed by atoms with van der Waals surface area (Å²) in [5, 5.41) is 16.5. The molecule has 8 heteroatoms. The Morgan fingerprint density at radius 1 is 1.16 bits per heavy atom. The molecule has 2 aromatic rings. The van der Waals surface area contributed by atoms with Gasteiger partial charge in [0.25, 0.3) is 5.69 Å². The van der Waals surface area contributed by atoms with Crippen LogP contribution in [-0.4, -0.2) is 30.1 Å². The van der Waals surface area contributed by atoms with Crippen molar-refractivity contribution in [2.24, 2.45) is 0 Å². The Labute approximate surface area is 143 Å². The van der Waals surface area contributed by atoms with Gasteiger partial charge in [0.2, 0.25) is 5.91 Å². The van der Waals surface area contributed by atoms with Gasteiger partial charge >= 0.3 is 0 Å². The number of anilines is 2. The summed E-state index contributed by atoms with van der Waals surface area (Å²) in [6.07, 6.45) is 0. The number of hydrogen-bond acceptors (Lipinski definition) is 6. The lowest BCUT2D eigenvalue weighted by Gasteiger charge is -2.23. The molecule has 1 atom stereocenters. The van der Waals surface area contributed by atoms with Gasteiger partial charge in [0.15, 0.2) is 11.5 Å². The predicted molar refractivity (Wildman–Crippen MR) is 92.2 cm³/mol. The van der Waals surface area contributed by atoms with Crippen LogP contribution in [0, 0.1) is 10.1 Å². The summed E-state index contributed by atoms with van der Waals surface area (Å²) in [6, 6.07) is 10.5. The number of nitro benzene ring substituents is 1. The average molecular weight is 343 g/mol. The van der Waals surface area contributed by atoms with Gasteiger partial charge < -0.3 is 20.1 Å². The Kier molecular flexibility index (Phi) is 4.69. The summed E-state index contributed by atoms with van der Waals surface area (Å²) in [5.74, 6) is 0.950. The Balaban J connectivity index is 1.66. The fourth-order valence-corrected chi connectivity index (χ4v) is 2.40. The standard InChI is InChI=1S/C17H17N3O5/c1-11(17(21)19-12-5-7-13(8-6-12)20(22)23)18-14-3-2-4-15-16(14)25-10-9-24-15/h2-8,11,18H,9-10H2,1H3,(H,19,21). The highest BCUT2D eigenvalue weighted by Crippen LogP contribution is 2.37. The summed E-state index contributed by atoms with van der Waals surface area (Å²) in [7, 11) is 0. The minimum atomic E-state index is -0.549. The van der Waals surface area contributed by atoms with Crippen LogP contribution in [0.2, 0.25) is 0 Å². The van der Waals surface area contributed by atoms with Gasteiger partial charge in [0.05, 0.1) is 10.6 Å². The number of benzene rings is 2. The Morgan fingerprint density at radius 3 is 2.60 bits per heavy atom. The van der Waals surface area contributed by atoms with Crippen molar-refractivity contribution < 1.29 is 19.2 Å². The van der Waals surface area contributed by atoms with E-state index in [1.165, 1.54) is 24.3 Å². The summed E-state index contributed by atoms with van der Waals surface area (Å²) in [6.45, 7) is 2.66. The molecule has 1 unspecified atom stereocenters. The topological polar surface area (TPSA) is 103 Å². The number of para-hydroxylation sites is 1. The number of rotatable bonds is 5. The van der Waals surface area contributed by atoms with Crippen molar-refractivity contribution in [1.82, 2.24) is 0 Å². The quantitative estimate of drug-likeness (QED) is 0.639. The number of amides is 1. The largest absolute Gasteiger partial charge is 0.486 e. The molecule has 0 fully saturated rings. The number of ether oxygens (including phenoxy) is 2. The van der Waals surface area contributed by atoms with Crippen LogP contribution < -0.4 is 20.1 Å². The summed E-state index contributed by atoms with van der Waals surface area (Å²) in [5.41, 5.74) is 1.12. The van der Waals surface area contributed by atoms with Gasteiger partial charge in [-0.25, -0.2) is 0 Å². The first-order chi connectivity index (χ1) is 12.0. The van der Waals surface area contributed by atoms with E-state index < -0.39 is 11.0 Å². The Hall–Kier alpha value is -3.29. The van der Waals surface area contributed by atoms with Gasteiger partial charge in [0.1, 0.15) is 19.3 Å². The Bertz CT molecular complexity index is 791. The van der Waals surface area contributed by atoms with Crippen LogP contribution >= 0.6 is 0 Å². The second-order valence-electron chi connectivity index (χ2n) is 5.49. The van der Waals surface area contributed by atoms with Crippen molar-refractivity contribution in [2.45, 2.75) is 13.0 Å². The number of carbonyl (C=O) groups is 1. The SMILES string of the molecule is CC(Nc1cccc2c1OCCO2)C(=O)Nc1ccc([N+](=O)[O-])cc1. The summed E-state index contributed by atoms with van der Waals surface area (Å²) >= 11 is 0. The Morgan fingerprint density at radius 2 is 1.88 bits per heavy atom. The molecule has 25 heavy (non-hydrogen) atoms. The van der Waals surface area contributed by atoms with E-state index in [9.17, 15) is 14.9 Å². The molecular formula is C17H17N3O5. The third-order valence-electron chi connectivity index (χ3n) is 3.68. The van der Waals surface area contributed by atoms with Crippen molar-refractivity contribution in [2.75, 3.05) is 23.8 Å². The van der Waals surface area contributed by atoms with E-state index in [1.54, 1.807) is 13.0 Å². The van der Waals surface area contributed by atoms with E-state index in [2.05, 4.69) is 10.6 Å². The smallest absolute Gasteiger partial charge is 0.269 e. The van der Waals surface area contributed by atoms with Gasteiger partial charge in [-0.3, -0.25) is 14.9 Å². The van der Waals surface area contributed by atoms with Crippen molar-refractivity contribution in [3.8, 4) is 11.5 Å². The van der Waals surface area contributed by atoms with E-state index in [4.69, 9.17) is 9.47 Å². The zero-order valence-corrected chi connectivity index (χ0v) is 13.5. The highest BCUT2D eigenvalue weighted by molar-refractivity contribution is 5.96. The third kappa shape index (κ3) is 3.79. The fourth-order valence-electron chi connectivity index (χ4n) is 2.40. The van der Waals surface area contributed by atoms with Gasteiger partial charge in [-0.2, -0.15) is 0 Å². The molecule has 3 rings (SSSR count). The lowest BCUT2D eigenvalue weighted by molar-refractivity contribution is -0.384. The molecule has 1 heterocycles. The molecule has 130 valence electrons. The second kappa shape index (κ2) is 7.08. The fraction of sp³-hybridized carbons (Fsp3) is 0.235. The monoisotopic (exact) mass is 343 g/mol. The number of carbonyl (C=O) groups excluding carboxylic acids is 1. The molecular weight excluding hydrogens is 326 g/mol. The zero-order valence-electron chi connectivity index (χ0n) is 13.5. The number of fused-ring (bicyclic) bond motifs is 1. The van der Waals surface area contributed by atoms with Crippen LogP contribution in [0.25, 0.3) is 0 Å². The molecule has 8 nitrogen and oxygen atoms in total. The highest BCUT2D eigenvalue weighted by atomic mass is 16.6. The molecule has 0 saturated carbocycles. The lowest BCUT2D eigenvalue weighted by Crippen LogP contribution is -2.32. The minimum Gasteiger partial charge on any atom is -0.486 e. The number of non-ortho nitro benzene ring substituents is 1. The molecule has 0 spiro atoms. The molecule has 2 N–H and O–H groups in total. The molecule has 1 aliphatic heterocycles. The molecule has 0 saturated heterocycles. The highest BCUT2D eigenvalue weighted by Gasteiger charge is 2.19. The van der Waals surface area contributed by atoms with Crippen LogP contribution in [0.15, 0.2) is 42.5 Å². The van der Waals surface area contributed by atoms with E-state index in [-0.39, 0.29) is 11.6 Å². The first-order valence-corrected chi connectivity index (χ1v) is 7.75. The van der Waals surface area contributed by atoms with Crippen molar-refractivity contribution in [3.05, 3.63) is 52.6 Å². The third-order valence-corrected chi connectivity index (χ3v) is 3.68. The predicted octanol–water partition coefficient (Wildman–Crippen LogP) is 2.81. The minimum absolute atomic E-state index is 0.0303. The van der Waals surface area contributed by atoms with Crippen molar-refractivity contribution in [3.63, 3.8) is 0 Å². The van der Waals surface area contributed by atoms with Gasteiger partial charge in [-0.1, -0.05) is 6.07 Å². The number of nitrogens with zero attached hydrogens (tertiary/aromatic N) is 1. The van der Waals surface area contributed by atoms with Crippen LogP contribution in [0.5, 0.6) is 11.5 Å². The van der Waals surface area contributed by atoms with Crippen LogP contribution in [-0.2, 0) is 4.79 Å². The van der Waals surface area contributed by atoms with Gasteiger partial charge in [-0.05, 0) is 31.2 Å². The molecule has 0 bridgehead atoms. The zero-order chi connectivity index (χ0) is 17.8.